The van der Waals surface area contributed by atoms with Crippen LogP contribution in [0.25, 0.3) is 0 Å². The van der Waals surface area contributed by atoms with Gasteiger partial charge in [-0.05, 0) is 102 Å². The second-order valence-corrected chi connectivity index (χ2v) is 18.4. The van der Waals surface area contributed by atoms with Gasteiger partial charge in [-0.3, -0.25) is 9.59 Å². The molecule has 8 rings (SSSR count). The molecule has 0 radical (unpaired) electrons. The number of anilines is 4. The first-order valence-electron chi connectivity index (χ1n) is 18.4. The molecule has 21 heteroatoms. The molecule has 2 aliphatic rings. The summed E-state index contributed by atoms with van der Waals surface area (Å²) in [5, 5.41) is 4.66. The molecule has 2 heterocycles. The summed E-state index contributed by atoms with van der Waals surface area (Å²) in [4.78, 5) is 25.1. The number of nitrogens with zero attached hydrogens (tertiary/aromatic N) is 2. The number of fused-ring (bicyclic) bond motifs is 2. The summed E-state index contributed by atoms with van der Waals surface area (Å²) in [6, 6.07) is 19.1. The van der Waals surface area contributed by atoms with Crippen molar-refractivity contribution in [2.75, 3.05) is 26.6 Å². The largest absolute Gasteiger partial charge is 0.494 e. The van der Waals surface area contributed by atoms with E-state index in [4.69, 9.17) is 27.9 Å². The van der Waals surface area contributed by atoms with Gasteiger partial charge in [-0.2, -0.15) is 25.7 Å². The fraction of sp³-hybridized carbons (Fsp3) is 0.0952. The van der Waals surface area contributed by atoms with Crippen molar-refractivity contribution in [2.24, 2.45) is 0 Å². The molecule has 1 atom stereocenters. The van der Waals surface area contributed by atoms with Crippen LogP contribution in [0.4, 0.5) is 40.3 Å². The van der Waals surface area contributed by atoms with Gasteiger partial charge in [-0.1, -0.05) is 47.5 Å². The summed E-state index contributed by atoms with van der Waals surface area (Å²) in [5.74, 6) is -5.94. The number of benzene rings is 6. The highest BCUT2D eigenvalue weighted by Gasteiger charge is 2.41. The number of hydrogen-bond donors (Lipinski definition) is 4. The molecule has 6 aromatic carbocycles. The Morgan fingerprint density at radius 2 is 1.30 bits per heavy atom. The van der Waals surface area contributed by atoms with E-state index in [0.717, 1.165) is 46.9 Å². The number of sulfonamides is 2. The molecule has 0 bridgehead atoms. The van der Waals surface area contributed by atoms with Crippen molar-refractivity contribution in [1.82, 2.24) is 10.9 Å². The second kappa shape index (κ2) is 16.5. The molecular weight excluding hydrogens is 912 g/mol. The van der Waals surface area contributed by atoms with Gasteiger partial charge in [0.1, 0.15) is 17.5 Å². The van der Waals surface area contributed by atoms with Crippen LogP contribution in [0.3, 0.4) is 0 Å². The predicted octanol–water partition coefficient (Wildman–Crippen LogP) is 8.39. The van der Waals surface area contributed by atoms with Crippen molar-refractivity contribution in [3.63, 3.8) is 0 Å². The highest BCUT2D eigenvalue weighted by Crippen LogP contribution is 2.44. The zero-order valence-corrected chi connectivity index (χ0v) is 35.6. The molecule has 0 saturated heterocycles. The van der Waals surface area contributed by atoms with Gasteiger partial charge in [0.2, 0.25) is 0 Å². The third-order valence-electron chi connectivity index (χ3n) is 10.3. The summed E-state index contributed by atoms with van der Waals surface area (Å²) in [5.41, 5.74) is 5.16. The lowest BCUT2D eigenvalue weighted by Crippen LogP contribution is -2.40. The van der Waals surface area contributed by atoms with E-state index in [0.29, 0.717) is 9.98 Å². The van der Waals surface area contributed by atoms with Crippen molar-refractivity contribution >= 4 is 77.8 Å². The van der Waals surface area contributed by atoms with Crippen molar-refractivity contribution in [3.05, 3.63) is 170 Å². The number of rotatable bonds is 10. The number of amides is 2. The number of nitrogens with one attached hydrogen (secondary N) is 4. The molecule has 0 saturated carbocycles. The average molecular weight is 942 g/mol. The van der Waals surface area contributed by atoms with Crippen LogP contribution in [0.5, 0.6) is 5.75 Å². The fourth-order valence-corrected chi connectivity index (χ4v) is 10.7. The number of halogens is 6. The molecule has 324 valence electrons. The zero-order chi connectivity index (χ0) is 45.1. The topological polar surface area (TPSA) is 166 Å². The van der Waals surface area contributed by atoms with E-state index in [2.05, 4.69) is 21.5 Å². The number of hydrogen-bond acceptors (Lipinski definition) is 9. The molecule has 2 aliphatic heterocycles. The SMILES string of the molecule is COc1ccc(S(=O)(=O)N2NC(c3cc(F)cc(S(=O)(=O)N4NCc5ccc(NC(=O)c6c(F)cccc6Cl)cc54)c3C)c3ccc(NC(=O)c4c(F)cccc4Cl)cc32)cc1F. The highest BCUT2D eigenvalue weighted by atomic mass is 35.5. The fourth-order valence-electron chi connectivity index (χ4n) is 7.24. The maximum absolute atomic E-state index is 15.8. The molecule has 6 aromatic rings. The molecule has 1 unspecified atom stereocenters. The van der Waals surface area contributed by atoms with Crippen LogP contribution in [-0.2, 0) is 26.6 Å². The molecule has 13 nitrogen and oxygen atoms in total. The van der Waals surface area contributed by atoms with Crippen molar-refractivity contribution in [2.45, 2.75) is 29.3 Å². The molecule has 63 heavy (non-hydrogen) atoms. The molecule has 0 aromatic heterocycles. The third-order valence-corrected chi connectivity index (χ3v) is 14.3. The Bertz CT molecular complexity index is 3110. The standard InChI is InChI=1S/C42H30Cl2F4N6O7S2/c1-21-28(15-23(45)16-37(21)63(59,60)53-34-17-24(10-9-22(34)20-49-53)50-41(55)38-29(43)5-3-7-31(38)46)40-27-13-11-25(51-42(56)39-30(44)6-4-8-32(39)47)18-35(27)54(52-40)62(57,58)26-12-14-36(61-2)33(48)19-26/h3-19,40,49,52H,20H2,1-2H3,(H,50,55)(H,51,56). The van der Waals surface area contributed by atoms with E-state index in [-0.39, 0.29) is 61.8 Å². The van der Waals surface area contributed by atoms with Gasteiger partial charge in [0.15, 0.2) is 11.6 Å². The van der Waals surface area contributed by atoms with Crippen LogP contribution in [0, 0.1) is 30.2 Å². The Hall–Kier alpha value is -6.22. The van der Waals surface area contributed by atoms with Crippen LogP contribution in [0.1, 0.15) is 49.0 Å². The van der Waals surface area contributed by atoms with Crippen LogP contribution < -0.4 is 35.1 Å². The Labute approximate surface area is 367 Å². The van der Waals surface area contributed by atoms with Crippen molar-refractivity contribution in [3.8, 4) is 5.75 Å². The third kappa shape index (κ3) is 7.80. The normalized spacial score (nSPS) is 14.6. The van der Waals surface area contributed by atoms with E-state index in [1.807, 2.05) is 0 Å². The lowest BCUT2D eigenvalue weighted by molar-refractivity contribution is 0.101. The summed E-state index contributed by atoms with van der Waals surface area (Å²) >= 11 is 12.2. The minimum atomic E-state index is -4.75. The predicted molar refractivity (Wildman–Crippen MR) is 227 cm³/mol. The lowest BCUT2D eigenvalue weighted by Gasteiger charge is -2.24. The van der Waals surface area contributed by atoms with Crippen LogP contribution in [0.15, 0.2) is 113 Å². The summed E-state index contributed by atoms with van der Waals surface area (Å²) in [6.07, 6.45) is 0. The summed E-state index contributed by atoms with van der Waals surface area (Å²) in [7, 11) is -8.27. The first-order chi connectivity index (χ1) is 29.9. The van der Waals surface area contributed by atoms with Crippen molar-refractivity contribution < 1.29 is 48.7 Å². The highest BCUT2D eigenvalue weighted by molar-refractivity contribution is 7.93. The minimum absolute atomic E-state index is 0.00146. The molecule has 0 fully saturated rings. The number of ether oxygens (including phenoxy) is 1. The zero-order valence-electron chi connectivity index (χ0n) is 32.4. The molecule has 0 aliphatic carbocycles. The van der Waals surface area contributed by atoms with E-state index in [1.165, 1.54) is 74.7 Å². The van der Waals surface area contributed by atoms with E-state index in [9.17, 15) is 39.6 Å². The summed E-state index contributed by atoms with van der Waals surface area (Å²) < 4.78 is 124. The van der Waals surface area contributed by atoms with Crippen LogP contribution >= 0.6 is 23.2 Å². The Morgan fingerprint density at radius 1 is 0.698 bits per heavy atom. The number of methoxy groups -OCH3 is 1. The molecule has 0 spiro atoms. The van der Waals surface area contributed by atoms with Crippen molar-refractivity contribution in [1.29, 1.82) is 0 Å². The lowest BCUT2D eigenvalue weighted by atomic mass is 9.95. The van der Waals surface area contributed by atoms with Gasteiger partial charge in [0.05, 0.1) is 55.5 Å². The monoisotopic (exact) mass is 940 g/mol. The van der Waals surface area contributed by atoms with Gasteiger partial charge in [0, 0.05) is 23.5 Å². The first kappa shape index (κ1) is 43.4. The molecule has 2 amide bonds. The van der Waals surface area contributed by atoms with Gasteiger partial charge < -0.3 is 15.4 Å². The molecule has 4 N–H and O–H groups in total. The van der Waals surface area contributed by atoms with Crippen LogP contribution in [-0.4, -0.2) is 35.8 Å². The quantitative estimate of drug-likeness (QED) is 0.0988. The smallest absolute Gasteiger partial charge is 0.278 e. The average Bonchev–Trinajstić information content (AvgIpc) is 3.84. The van der Waals surface area contributed by atoms with E-state index in [1.54, 1.807) is 0 Å². The Kier molecular flexibility index (Phi) is 11.4. The van der Waals surface area contributed by atoms with Crippen LogP contribution in [0.2, 0.25) is 10.0 Å². The van der Waals surface area contributed by atoms with Gasteiger partial charge in [-0.25, -0.2) is 28.4 Å². The Balaban J connectivity index is 1.18. The summed E-state index contributed by atoms with van der Waals surface area (Å²) in [6.45, 7) is 1.39. The number of carbonyl (C=O) groups is 2. The minimum Gasteiger partial charge on any atom is -0.494 e. The maximum atomic E-state index is 15.8. The first-order valence-corrected chi connectivity index (χ1v) is 22.1. The molecular formula is C42H30Cl2F4N6O7S2. The number of carbonyl (C=O) groups excluding carboxylic acids is 2. The van der Waals surface area contributed by atoms with E-state index < -0.39 is 82.1 Å². The van der Waals surface area contributed by atoms with Gasteiger partial charge in [-0.15, -0.1) is 0 Å². The number of hydrazine groups is 2. The Morgan fingerprint density at radius 3 is 1.89 bits per heavy atom. The van der Waals surface area contributed by atoms with Gasteiger partial charge >= 0.3 is 0 Å². The van der Waals surface area contributed by atoms with Gasteiger partial charge in [0.25, 0.3) is 31.9 Å². The maximum Gasteiger partial charge on any atom is 0.278 e. The van der Waals surface area contributed by atoms with E-state index >= 15 is 4.39 Å². The second-order valence-electron chi connectivity index (χ2n) is 14.1.